The van der Waals surface area contributed by atoms with E-state index < -0.39 is 0 Å². The Morgan fingerprint density at radius 3 is 2.13 bits per heavy atom. The quantitative estimate of drug-likeness (QED) is 0.357. The third-order valence-electron chi connectivity index (χ3n) is 12.9. The van der Waals surface area contributed by atoms with Gasteiger partial charge in [-0.25, -0.2) is 0 Å². The van der Waals surface area contributed by atoms with Crippen molar-refractivity contribution in [3.8, 4) is 0 Å². The van der Waals surface area contributed by atoms with Crippen molar-refractivity contribution in [2.45, 2.75) is 120 Å². The first-order valence-corrected chi connectivity index (χ1v) is 13.4. The van der Waals surface area contributed by atoms with E-state index in [1.807, 2.05) is 0 Å². The second-order valence-corrected chi connectivity index (χ2v) is 15.0. The Balaban J connectivity index is 1.55. The average molecular weight is 425 g/mol. The number of fused-ring (bicyclic) bond motifs is 7. The zero-order chi connectivity index (χ0) is 22.7. The van der Waals surface area contributed by atoms with Crippen molar-refractivity contribution in [2.24, 2.45) is 50.2 Å². The summed E-state index contributed by atoms with van der Waals surface area (Å²) >= 11 is 0. The van der Waals surface area contributed by atoms with Crippen LogP contribution in [0.3, 0.4) is 0 Å². The van der Waals surface area contributed by atoms with E-state index in [4.69, 9.17) is 0 Å². The number of Topliss-reactive ketones (excluding diaryl/α,β-unsaturated/α-hetero) is 1. The van der Waals surface area contributed by atoms with Crippen molar-refractivity contribution in [3.63, 3.8) is 0 Å². The third-order valence-corrected chi connectivity index (χ3v) is 12.9. The lowest BCUT2D eigenvalue weighted by Crippen LogP contribution is -2.66. The van der Waals surface area contributed by atoms with Crippen LogP contribution >= 0.6 is 0 Å². The van der Waals surface area contributed by atoms with Crippen molar-refractivity contribution in [2.75, 3.05) is 0 Å². The first-order valence-electron chi connectivity index (χ1n) is 13.4. The maximum atomic E-state index is 12.9. The van der Waals surface area contributed by atoms with Gasteiger partial charge < -0.3 is 0 Å². The minimum absolute atomic E-state index is 0.132. The van der Waals surface area contributed by atoms with Gasteiger partial charge in [0, 0.05) is 11.8 Å². The largest absolute Gasteiger partial charge is 0.299 e. The molecule has 5 aliphatic carbocycles. The van der Waals surface area contributed by atoms with Gasteiger partial charge in [0.05, 0.1) is 0 Å². The lowest BCUT2D eigenvalue weighted by molar-refractivity contribution is -0.221. The minimum atomic E-state index is -0.132. The Labute approximate surface area is 192 Å². The standard InChI is InChI=1S/C30H48O/c1-25(2)17-18-27(5)20(19-25)11-15-29(7)22(27)9-10-23-28(6)14-13-24(31)26(3,4)21(28)12-16-30(23,29)8/h11,21-23H,9-10,12-19H2,1-8H3. The molecule has 0 aliphatic heterocycles. The van der Waals surface area contributed by atoms with E-state index in [-0.39, 0.29) is 5.41 Å². The number of carbonyl (C=O) groups excluding carboxylic acids is 1. The average Bonchev–Trinajstić information content (AvgIpc) is 2.67. The van der Waals surface area contributed by atoms with Gasteiger partial charge in [-0.3, -0.25) is 4.79 Å². The molecule has 0 N–H and O–H groups in total. The molecule has 4 saturated carbocycles. The van der Waals surface area contributed by atoms with Crippen LogP contribution in [0.4, 0.5) is 0 Å². The maximum absolute atomic E-state index is 12.9. The topological polar surface area (TPSA) is 17.1 Å². The Morgan fingerprint density at radius 2 is 1.42 bits per heavy atom. The van der Waals surface area contributed by atoms with Crippen LogP contribution in [0.15, 0.2) is 11.6 Å². The summed E-state index contributed by atoms with van der Waals surface area (Å²) in [5.41, 5.74) is 3.69. The minimum Gasteiger partial charge on any atom is -0.299 e. The van der Waals surface area contributed by atoms with Gasteiger partial charge in [-0.1, -0.05) is 67.0 Å². The van der Waals surface area contributed by atoms with Gasteiger partial charge in [-0.2, -0.15) is 0 Å². The SMILES string of the molecule is CC1(C)CCC2(C)C(=CCC3(C)C2CCC2C4(C)CCC(=O)C(C)(C)C4CCC23C)C1. The number of carbonyl (C=O) groups is 1. The van der Waals surface area contributed by atoms with E-state index >= 15 is 0 Å². The summed E-state index contributed by atoms with van der Waals surface area (Å²) in [6.45, 7) is 20.2. The Morgan fingerprint density at radius 1 is 0.742 bits per heavy atom. The normalized spacial score (nSPS) is 52.8. The third kappa shape index (κ3) is 2.64. The van der Waals surface area contributed by atoms with Gasteiger partial charge in [0.2, 0.25) is 0 Å². The molecular formula is C30H48O. The van der Waals surface area contributed by atoms with E-state index in [9.17, 15) is 4.79 Å². The number of hydrogen-bond acceptors (Lipinski definition) is 1. The highest BCUT2D eigenvalue weighted by molar-refractivity contribution is 5.85. The molecule has 4 fully saturated rings. The van der Waals surface area contributed by atoms with Crippen LogP contribution < -0.4 is 0 Å². The second-order valence-electron chi connectivity index (χ2n) is 15.0. The van der Waals surface area contributed by atoms with Crippen LogP contribution in [-0.4, -0.2) is 5.78 Å². The summed E-state index contributed by atoms with van der Waals surface area (Å²) in [5.74, 6) is 2.70. The Kier molecular flexibility index (Phi) is 4.51. The summed E-state index contributed by atoms with van der Waals surface area (Å²) in [5, 5.41) is 0. The molecule has 5 rings (SSSR count). The zero-order valence-electron chi connectivity index (χ0n) is 21.8. The van der Waals surface area contributed by atoms with Gasteiger partial charge in [-0.05, 0) is 103 Å². The second kappa shape index (κ2) is 6.29. The van der Waals surface area contributed by atoms with Crippen molar-refractivity contribution in [1.29, 1.82) is 0 Å². The van der Waals surface area contributed by atoms with Crippen molar-refractivity contribution in [3.05, 3.63) is 11.6 Å². The molecule has 0 spiro atoms. The van der Waals surface area contributed by atoms with Crippen molar-refractivity contribution < 1.29 is 4.79 Å². The van der Waals surface area contributed by atoms with E-state index in [1.54, 1.807) is 5.57 Å². The van der Waals surface area contributed by atoms with Gasteiger partial charge in [-0.15, -0.1) is 0 Å². The number of rotatable bonds is 0. The van der Waals surface area contributed by atoms with Gasteiger partial charge in [0.1, 0.15) is 5.78 Å². The molecule has 5 aliphatic rings. The molecule has 0 saturated heterocycles. The Bertz CT molecular complexity index is 831. The molecule has 0 amide bonds. The molecule has 0 aromatic heterocycles. The molecule has 7 unspecified atom stereocenters. The zero-order valence-corrected chi connectivity index (χ0v) is 21.8. The molecule has 0 radical (unpaired) electrons. The smallest absolute Gasteiger partial charge is 0.138 e. The summed E-state index contributed by atoms with van der Waals surface area (Å²) < 4.78 is 0. The van der Waals surface area contributed by atoms with Crippen LogP contribution in [0.2, 0.25) is 0 Å². The maximum Gasteiger partial charge on any atom is 0.138 e. The van der Waals surface area contributed by atoms with Gasteiger partial charge in [0.25, 0.3) is 0 Å². The number of hydrogen-bond donors (Lipinski definition) is 0. The molecule has 0 heterocycles. The van der Waals surface area contributed by atoms with Crippen molar-refractivity contribution >= 4 is 5.78 Å². The van der Waals surface area contributed by atoms with E-state index in [0.717, 1.165) is 24.7 Å². The van der Waals surface area contributed by atoms with Crippen LogP contribution in [0.25, 0.3) is 0 Å². The molecule has 174 valence electrons. The fraction of sp³-hybridized carbons (Fsp3) is 0.900. The van der Waals surface area contributed by atoms with E-state index in [2.05, 4.69) is 61.5 Å². The van der Waals surface area contributed by atoms with Crippen LogP contribution in [-0.2, 0) is 4.79 Å². The van der Waals surface area contributed by atoms with Gasteiger partial charge in [0.15, 0.2) is 0 Å². The summed E-state index contributed by atoms with van der Waals surface area (Å²) in [6.07, 6.45) is 15.4. The highest BCUT2D eigenvalue weighted by atomic mass is 16.1. The first kappa shape index (κ1) is 22.2. The number of allylic oxidation sites excluding steroid dienone is 2. The molecular weight excluding hydrogens is 376 g/mol. The monoisotopic (exact) mass is 424 g/mol. The lowest BCUT2D eigenvalue weighted by atomic mass is 9.32. The predicted octanol–water partition coefficient (Wildman–Crippen LogP) is 8.38. The van der Waals surface area contributed by atoms with Crippen molar-refractivity contribution in [1.82, 2.24) is 0 Å². The molecule has 31 heavy (non-hydrogen) atoms. The predicted molar refractivity (Wildman–Crippen MR) is 130 cm³/mol. The molecule has 0 aromatic rings. The highest BCUT2D eigenvalue weighted by Gasteiger charge is 2.69. The fourth-order valence-electron chi connectivity index (χ4n) is 10.7. The van der Waals surface area contributed by atoms with Crippen LogP contribution in [0, 0.1) is 50.2 Å². The molecule has 0 bridgehead atoms. The molecule has 0 aromatic carbocycles. The van der Waals surface area contributed by atoms with E-state index in [1.165, 1.54) is 51.4 Å². The first-order chi connectivity index (χ1) is 14.2. The van der Waals surface area contributed by atoms with E-state index in [0.29, 0.717) is 38.8 Å². The summed E-state index contributed by atoms with van der Waals surface area (Å²) in [6, 6.07) is 0. The fourth-order valence-corrected chi connectivity index (χ4v) is 10.7. The molecule has 7 atom stereocenters. The number of ketones is 1. The van der Waals surface area contributed by atoms with Crippen LogP contribution in [0.1, 0.15) is 120 Å². The van der Waals surface area contributed by atoms with Gasteiger partial charge >= 0.3 is 0 Å². The summed E-state index contributed by atoms with van der Waals surface area (Å²) in [4.78, 5) is 12.9. The Hall–Kier alpha value is -0.590. The molecule has 1 heteroatoms. The lowest BCUT2D eigenvalue weighted by Gasteiger charge is -2.72. The summed E-state index contributed by atoms with van der Waals surface area (Å²) in [7, 11) is 0. The molecule has 1 nitrogen and oxygen atoms in total. The van der Waals surface area contributed by atoms with Crippen LogP contribution in [0.5, 0.6) is 0 Å². The highest BCUT2D eigenvalue weighted by Crippen LogP contribution is 2.76.